The molecule has 488 valence electrons. The second-order valence-corrected chi connectivity index (χ2v) is 25.4. The molecule has 0 amide bonds. The molecule has 0 fully saturated rings. The number of hydrogen-bond acceptors (Lipinski definition) is 15. The van der Waals surface area contributed by atoms with Gasteiger partial charge < -0.3 is 33.8 Å². The molecule has 5 atom stereocenters. The lowest BCUT2D eigenvalue weighted by molar-refractivity contribution is -0.161. The zero-order chi connectivity index (χ0) is 61.2. The number of phosphoric acid groups is 2. The van der Waals surface area contributed by atoms with Gasteiger partial charge in [0, 0.05) is 25.7 Å². The minimum atomic E-state index is -4.95. The Morgan fingerprint density at radius 2 is 0.578 bits per heavy atom. The predicted octanol–water partition coefficient (Wildman–Crippen LogP) is 17.5. The zero-order valence-electron chi connectivity index (χ0n) is 52.6. The van der Waals surface area contributed by atoms with Crippen LogP contribution in [-0.4, -0.2) is 96.7 Å². The molecule has 0 aliphatic rings. The first kappa shape index (κ1) is 80.5. The Hall–Kier alpha value is -2.46. The Labute approximate surface area is 503 Å². The van der Waals surface area contributed by atoms with Crippen molar-refractivity contribution in [2.24, 2.45) is 0 Å². The van der Waals surface area contributed by atoms with Gasteiger partial charge in [-0.1, -0.05) is 251 Å². The summed E-state index contributed by atoms with van der Waals surface area (Å²) in [6.45, 7) is 4.78. The predicted molar refractivity (Wildman–Crippen MR) is 331 cm³/mol. The fourth-order valence-electron chi connectivity index (χ4n) is 9.09. The zero-order valence-corrected chi connectivity index (χ0v) is 54.4. The van der Waals surface area contributed by atoms with Gasteiger partial charge in [0.1, 0.15) is 19.3 Å². The molecule has 0 aromatic carbocycles. The number of unbranched alkanes of at least 4 members (excludes halogenated alkanes) is 34. The lowest BCUT2D eigenvalue weighted by Crippen LogP contribution is -2.30. The maximum Gasteiger partial charge on any atom is 0.472 e. The quantitative estimate of drug-likeness (QED) is 0.0169. The monoisotopic (exact) mass is 1220 g/mol. The standard InChI is InChI=1S/C64H120O17P2/c1-5-9-13-17-21-24-27-28-29-30-32-35-39-43-47-51-64(69)81-60(55-75-62(67)49-45-41-37-34-31-25-22-18-14-10-6-2)57-79-83(72,73)77-53-58(65)52-76-82(70,71)78-56-59(54-74-61(66)48-44-40-36-20-16-12-8-4)80-63(68)50-46-42-38-33-26-23-19-15-11-7-3/h24,27-29,58-60,65H,5-23,25-26,30-57H2,1-4H3,(H,70,71)(H,72,73)/b27-24-,29-28-/t58-,59+,60+/m0/s1. The molecule has 0 saturated carbocycles. The highest BCUT2D eigenvalue weighted by molar-refractivity contribution is 7.47. The fourth-order valence-corrected chi connectivity index (χ4v) is 10.7. The van der Waals surface area contributed by atoms with Crippen molar-refractivity contribution in [1.29, 1.82) is 0 Å². The van der Waals surface area contributed by atoms with E-state index in [0.29, 0.717) is 25.7 Å². The third-order valence-electron chi connectivity index (χ3n) is 14.2. The molecule has 0 saturated heterocycles. The van der Waals surface area contributed by atoms with Crippen molar-refractivity contribution < 1.29 is 80.2 Å². The first-order chi connectivity index (χ1) is 40.2. The normalized spacial score (nSPS) is 14.3. The van der Waals surface area contributed by atoms with Gasteiger partial charge in [-0.25, -0.2) is 9.13 Å². The second kappa shape index (κ2) is 58.6. The third-order valence-corrected chi connectivity index (χ3v) is 16.1. The van der Waals surface area contributed by atoms with Crippen LogP contribution in [0.2, 0.25) is 0 Å². The lowest BCUT2D eigenvalue weighted by Gasteiger charge is -2.21. The highest BCUT2D eigenvalue weighted by Gasteiger charge is 2.30. The SMILES string of the molecule is CCCCCC/C=C\C=C/CCCCCCCC(=O)O[C@H](COC(=O)CCCCCCCCCCCCC)COP(=O)(O)OC[C@@H](O)COP(=O)(O)OC[C@@H](COC(=O)CCCCCCCCC)OC(=O)CCCCCCCCCCCC. The van der Waals surface area contributed by atoms with Gasteiger partial charge in [-0.2, -0.15) is 0 Å². The number of rotatable bonds is 63. The van der Waals surface area contributed by atoms with Crippen molar-refractivity contribution in [2.75, 3.05) is 39.6 Å². The van der Waals surface area contributed by atoms with Crippen molar-refractivity contribution in [3.63, 3.8) is 0 Å². The average molecular weight is 1220 g/mol. The number of carbonyl (C=O) groups excluding carboxylic acids is 4. The van der Waals surface area contributed by atoms with E-state index < -0.39 is 97.5 Å². The Balaban J connectivity index is 5.24. The van der Waals surface area contributed by atoms with E-state index in [1.807, 2.05) is 0 Å². The van der Waals surface area contributed by atoms with Gasteiger partial charge in [0.25, 0.3) is 0 Å². The topological polar surface area (TPSA) is 237 Å². The number of carbonyl (C=O) groups is 4. The van der Waals surface area contributed by atoms with Gasteiger partial charge in [-0.15, -0.1) is 0 Å². The van der Waals surface area contributed by atoms with E-state index in [4.69, 9.17) is 37.0 Å². The van der Waals surface area contributed by atoms with E-state index in [1.54, 1.807) is 0 Å². The van der Waals surface area contributed by atoms with Crippen molar-refractivity contribution in [3.05, 3.63) is 24.3 Å². The molecule has 0 heterocycles. The summed E-state index contributed by atoms with van der Waals surface area (Å²) in [5.41, 5.74) is 0. The van der Waals surface area contributed by atoms with Crippen LogP contribution in [0.5, 0.6) is 0 Å². The molecule has 0 aliphatic heterocycles. The van der Waals surface area contributed by atoms with Gasteiger partial charge in [0.05, 0.1) is 26.4 Å². The molecule has 17 nitrogen and oxygen atoms in total. The number of ether oxygens (including phenoxy) is 4. The number of phosphoric ester groups is 2. The number of hydrogen-bond donors (Lipinski definition) is 3. The first-order valence-electron chi connectivity index (χ1n) is 33.1. The van der Waals surface area contributed by atoms with E-state index in [9.17, 15) is 43.2 Å². The number of esters is 4. The summed E-state index contributed by atoms with van der Waals surface area (Å²) in [6, 6.07) is 0. The van der Waals surface area contributed by atoms with Crippen LogP contribution >= 0.6 is 15.6 Å². The van der Waals surface area contributed by atoms with Crippen molar-refractivity contribution in [2.45, 2.75) is 322 Å². The van der Waals surface area contributed by atoms with Crippen molar-refractivity contribution in [3.8, 4) is 0 Å². The fraction of sp³-hybridized carbons (Fsp3) is 0.875. The summed E-state index contributed by atoms with van der Waals surface area (Å²) < 4.78 is 67.8. The Bertz CT molecular complexity index is 1700. The Morgan fingerprint density at radius 1 is 0.337 bits per heavy atom. The van der Waals surface area contributed by atoms with Crippen LogP contribution in [0.4, 0.5) is 0 Å². The molecular weight excluding hydrogens is 1100 g/mol. The van der Waals surface area contributed by atoms with Gasteiger partial charge in [-0.3, -0.25) is 37.3 Å². The molecule has 19 heteroatoms. The van der Waals surface area contributed by atoms with Crippen molar-refractivity contribution in [1.82, 2.24) is 0 Å². The van der Waals surface area contributed by atoms with Crippen LogP contribution in [0.3, 0.4) is 0 Å². The van der Waals surface area contributed by atoms with Crippen LogP contribution in [0.15, 0.2) is 24.3 Å². The van der Waals surface area contributed by atoms with Crippen LogP contribution < -0.4 is 0 Å². The van der Waals surface area contributed by atoms with E-state index in [2.05, 4.69) is 52.0 Å². The minimum absolute atomic E-state index is 0.0854. The molecule has 0 bridgehead atoms. The number of aliphatic hydroxyl groups excluding tert-OH is 1. The third kappa shape index (κ3) is 58.3. The van der Waals surface area contributed by atoms with Gasteiger partial charge in [0.15, 0.2) is 12.2 Å². The minimum Gasteiger partial charge on any atom is -0.462 e. The number of allylic oxidation sites excluding steroid dienone is 4. The summed E-state index contributed by atoms with van der Waals surface area (Å²) in [4.78, 5) is 72.0. The second-order valence-electron chi connectivity index (χ2n) is 22.5. The van der Waals surface area contributed by atoms with Gasteiger partial charge in [-0.05, 0) is 51.4 Å². The summed E-state index contributed by atoms with van der Waals surface area (Å²) in [5, 5.41) is 10.5. The molecule has 0 aromatic heterocycles. The van der Waals surface area contributed by atoms with Gasteiger partial charge in [0.2, 0.25) is 0 Å². The molecule has 0 aromatic rings. The van der Waals surface area contributed by atoms with E-state index in [0.717, 1.165) is 116 Å². The molecule has 2 unspecified atom stereocenters. The van der Waals surface area contributed by atoms with Crippen LogP contribution in [-0.2, 0) is 65.4 Å². The Morgan fingerprint density at radius 3 is 0.880 bits per heavy atom. The summed E-state index contributed by atoms with van der Waals surface area (Å²) in [6.07, 6.45) is 46.7. The molecular formula is C64H120O17P2. The lowest BCUT2D eigenvalue weighted by atomic mass is 10.1. The molecule has 0 aliphatic carbocycles. The molecule has 0 spiro atoms. The molecule has 0 radical (unpaired) electrons. The maximum absolute atomic E-state index is 13.0. The largest absolute Gasteiger partial charge is 0.472 e. The number of aliphatic hydroxyl groups is 1. The van der Waals surface area contributed by atoms with E-state index >= 15 is 0 Å². The summed E-state index contributed by atoms with van der Waals surface area (Å²) >= 11 is 0. The molecule has 3 N–H and O–H groups in total. The summed E-state index contributed by atoms with van der Waals surface area (Å²) in [7, 11) is -9.89. The Kier molecular flexibility index (Phi) is 56.8. The molecule has 83 heavy (non-hydrogen) atoms. The average Bonchev–Trinajstić information content (AvgIpc) is 3.47. The maximum atomic E-state index is 13.0. The highest BCUT2D eigenvalue weighted by atomic mass is 31.2. The van der Waals surface area contributed by atoms with Crippen LogP contribution in [0, 0.1) is 0 Å². The van der Waals surface area contributed by atoms with Gasteiger partial charge >= 0.3 is 39.5 Å². The van der Waals surface area contributed by atoms with E-state index in [-0.39, 0.29) is 25.7 Å². The smallest absolute Gasteiger partial charge is 0.462 e. The van der Waals surface area contributed by atoms with Crippen LogP contribution in [0.1, 0.15) is 304 Å². The van der Waals surface area contributed by atoms with E-state index in [1.165, 1.54) is 109 Å². The summed E-state index contributed by atoms with van der Waals surface area (Å²) in [5.74, 6) is -2.17. The van der Waals surface area contributed by atoms with Crippen LogP contribution in [0.25, 0.3) is 0 Å². The first-order valence-corrected chi connectivity index (χ1v) is 36.1. The van der Waals surface area contributed by atoms with Crippen molar-refractivity contribution >= 4 is 39.5 Å². The molecule has 0 rings (SSSR count). The highest BCUT2D eigenvalue weighted by Crippen LogP contribution is 2.45.